The minimum atomic E-state index is -1.52. The van der Waals surface area contributed by atoms with Gasteiger partial charge in [-0.1, -0.05) is 46.0 Å². The van der Waals surface area contributed by atoms with Gasteiger partial charge in [0.1, 0.15) is 0 Å². The van der Waals surface area contributed by atoms with Crippen molar-refractivity contribution in [3.63, 3.8) is 0 Å². The highest BCUT2D eigenvalue weighted by Gasteiger charge is 2.40. The lowest BCUT2D eigenvalue weighted by molar-refractivity contribution is -0.151. The Labute approximate surface area is 117 Å². The summed E-state index contributed by atoms with van der Waals surface area (Å²) in [6, 6.07) is 0. The Kier molecular flexibility index (Phi) is 8.65. The molecule has 0 saturated carbocycles. The summed E-state index contributed by atoms with van der Waals surface area (Å²) in [5, 5.41) is 0. The van der Waals surface area contributed by atoms with E-state index >= 15 is 0 Å². The topological polar surface area (TPSA) is 69.4 Å². The molecule has 2 atom stereocenters. The second-order valence-corrected chi connectivity index (χ2v) is 5.37. The average Bonchev–Trinajstić information content (AvgIpc) is 2.41. The molecule has 0 heterocycles. The normalized spacial score (nSPS) is 15.6. The summed E-state index contributed by atoms with van der Waals surface area (Å²) in [5.41, 5.74) is 4.30. The van der Waals surface area contributed by atoms with Crippen LogP contribution in [-0.2, 0) is 14.3 Å². The lowest BCUT2D eigenvalue weighted by Crippen LogP contribution is -2.55. The van der Waals surface area contributed by atoms with Gasteiger partial charge in [-0.2, -0.15) is 0 Å². The maximum atomic E-state index is 12.3. The number of Topliss-reactive ketones (excluding diaryl/α,β-unsaturated/α-hetero) is 1. The maximum Gasteiger partial charge on any atom is 0.333 e. The highest BCUT2D eigenvalue weighted by atomic mass is 16.5. The highest BCUT2D eigenvalue weighted by Crippen LogP contribution is 2.21. The quantitative estimate of drug-likeness (QED) is 0.377. The first-order valence-electron chi connectivity index (χ1n) is 7.33. The smallest absolute Gasteiger partial charge is 0.333 e. The Morgan fingerprint density at radius 3 is 2.21 bits per heavy atom. The van der Waals surface area contributed by atoms with E-state index in [4.69, 9.17) is 5.73 Å². The molecule has 112 valence electrons. The third kappa shape index (κ3) is 5.72. The largest absolute Gasteiger partial charge is 0.467 e. The van der Waals surface area contributed by atoms with E-state index in [1.165, 1.54) is 33.3 Å². The second kappa shape index (κ2) is 9.08. The molecule has 2 unspecified atom stereocenters. The number of esters is 1. The standard InChI is InChI=1S/C15H29NO3/c1-5-7-8-9-10-11-12(6-2)13(17)15(3,16)14(18)19-4/h12H,5-11,16H2,1-4H3. The van der Waals surface area contributed by atoms with Gasteiger partial charge < -0.3 is 10.5 Å². The van der Waals surface area contributed by atoms with E-state index in [-0.39, 0.29) is 11.7 Å². The molecular formula is C15H29NO3. The second-order valence-electron chi connectivity index (χ2n) is 5.37. The van der Waals surface area contributed by atoms with Crippen molar-refractivity contribution in [2.24, 2.45) is 11.7 Å². The number of nitrogens with two attached hydrogens (primary N) is 1. The van der Waals surface area contributed by atoms with Gasteiger partial charge in [-0.3, -0.25) is 4.79 Å². The third-order valence-corrected chi connectivity index (χ3v) is 3.64. The van der Waals surface area contributed by atoms with Crippen molar-refractivity contribution in [2.75, 3.05) is 7.11 Å². The molecule has 0 radical (unpaired) electrons. The summed E-state index contributed by atoms with van der Waals surface area (Å²) in [6.45, 7) is 5.58. The Morgan fingerprint density at radius 2 is 1.74 bits per heavy atom. The van der Waals surface area contributed by atoms with Crippen molar-refractivity contribution >= 4 is 11.8 Å². The number of carbonyl (C=O) groups excluding carboxylic acids is 2. The first-order valence-corrected chi connectivity index (χ1v) is 7.33. The van der Waals surface area contributed by atoms with Crippen molar-refractivity contribution in [3.8, 4) is 0 Å². The van der Waals surface area contributed by atoms with Crippen molar-refractivity contribution < 1.29 is 14.3 Å². The molecule has 0 aromatic rings. The van der Waals surface area contributed by atoms with Gasteiger partial charge in [0.25, 0.3) is 0 Å². The first-order chi connectivity index (χ1) is 8.91. The van der Waals surface area contributed by atoms with Crippen molar-refractivity contribution in [1.82, 2.24) is 0 Å². The van der Waals surface area contributed by atoms with Crippen molar-refractivity contribution in [3.05, 3.63) is 0 Å². The van der Waals surface area contributed by atoms with Crippen LogP contribution in [-0.4, -0.2) is 24.4 Å². The Bertz CT molecular complexity index is 287. The van der Waals surface area contributed by atoms with Gasteiger partial charge in [0, 0.05) is 5.92 Å². The zero-order valence-corrected chi connectivity index (χ0v) is 12.8. The lowest BCUT2D eigenvalue weighted by Gasteiger charge is -2.25. The van der Waals surface area contributed by atoms with Gasteiger partial charge in [0.15, 0.2) is 11.3 Å². The predicted molar refractivity (Wildman–Crippen MR) is 76.8 cm³/mol. The van der Waals surface area contributed by atoms with Gasteiger partial charge >= 0.3 is 5.97 Å². The minimum Gasteiger partial charge on any atom is -0.467 e. The molecule has 0 aromatic carbocycles. The van der Waals surface area contributed by atoms with Crippen LogP contribution in [0.4, 0.5) is 0 Å². The van der Waals surface area contributed by atoms with Crippen LogP contribution < -0.4 is 5.73 Å². The molecule has 0 aliphatic heterocycles. The van der Waals surface area contributed by atoms with E-state index in [1.807, 2.05) is 6.92 Å². The molecule has 0 spiro atoms. The molecule has 0 saturated heterocycles. The van der Waals surface area contributed by atoms with E-state index in [0.29, 0.717) is 0 Å². The summed E-state index contributed by atoms with van der Waals surface area (Å²) in [7, 11) is 1.26. The molecule has 2 N–H and O–H groups in total. The Balaban J connectivity index is 4.35. The van der Waals surface area contributed by atoms with Crippen LogP contribution in [0.25, 0.3) is 0 Å². The molecule has 0 rings (SSSR count). The lowest BCUT2D eigenvalue weighted by atomic mass is 9.83. The van der Waals surface area contributed by atoms with Crippen LogP contribution in [0.5, 0.6) is 0 Å². The molecule has 0 fully saturated rings. The van der Waals surface area contributed by atoms with Gasteiger partial charge in [0.05, 0.1) is 7.11 Å². The minimum absolute atomic E-state index is 0.143. The number of methoxy groups -OCH3 is 1. The van der Waals surface area contributed by atoms with Crippen LogP contribution in [0.1, 0.15) is 65.7 Å². The molecule has 4 heteroatoms. The average molecular weight is 271 g/mol. The summed E-state index contributed by atoms with van der Waals surface area (Å²) in [4.78, 5) is 23.8. The first kappa shape index (κ1) is 18.1. The van der Waals surface area contributed by atoms with E-state index in [2.05, 4.69) is 11.7 Å². The fourth-order valence-electron chi connectivity index (χ4n) is 2.25. The van der Waals surface area contributed by atoms with E-state index in [1.54, 1.807) is 0 Å². The summed E-state index contributed by atoms with van der Waals surface area (Å²) in [6.07, 6.45) is 7.33. The summed E-state index contributed by atoms with van der Waals surface area (Å²) >= 11 is 0. The molecule has 4 nitrogen and oxygen atoms in total. The van der Waals surface area contributed by atoms with Crippen LogP contribution >= 0.6 is 0 Å². The predicted octanol–water partition coefficient (Wildman–Crippen LogP) is 2.83. The Hall–Kier alpha value is -0.900. The molecule has 0 bridgehead atoms. The zero-order chi connectivity index (χ0) is 14.9. The fourth-order valence-corrected chi connectivity index (χ4v) is 2.25. The third-order valence-electron chi connectivity index (χ3n) is 3.64. The molecule has 0 amide bonds. The van der Waals surface area contributed by atoms with Gasteiger partial charge in [-0.05, 0) is 19.8 Å². The number of hydrogen-bond donors (Lipinski definition) is 1. The van der Waals surface area contributed by atoms with Gasteiger partial charge in [0.2, 0.25) is 0 Å². The maximum absolute atomic E-state index is 12.3. The van der Waals surface area contributed by atoms with Crippen LogP contribution in [0.15, 0.2) is 0 Å². The van der Waals surface area contributed by atoms with E-state index < -0.39 is 11.5 Å². The van der Waals surface area contributed by atoms with Crippen molar-refractivity contribution in [1.29, 1.82) is 0 Å². The number of ether oxygens (including phenoxy) is 1. The summed E-state index contributed by atoms with van der Waals surface area (Å²) < 4.78 is 4.60. The number of unbranched alkanes of at least 4 members (excludes halogenated alkanes) is 4. The monoisotopic (exact) mass is 271 g/mol. The SMILES string of the molecule is CCCCCCCC(CC)C(=O)C(C)(N)C(=O)OC. The van der Waals surface area contributed by atoms with E-state index in [0.717, 1.165) is 25.7 Å². The summed E-state index contributed by atoms with van der Waals surface area (Å²) in [5.74, 6) is -0.991. The van der Waals surface area contributed by atoms with Gasteiger partial charge in [-0.15, -0.1) is 0 Å². The number of carbonyl (C=O) groups is 2. The van der Waals surface area contributed by atoms with Crippen LogP contribution in [0.2, 0.25) is 0 Å². The number of ketones is 1. The molecular weight excluding hydrogens is 242 g/mol. The van der Waals surface area contributed by atoms with Crippen LogP contribution in [0, 0.1) is 5.92 Å². The van der Waals surface area contributed by atoms with E-state index in [9.17, 15) is 9.59 Å². The van der Waals surface area contributed by atoms with Crippen molar-refractivity contribution in [2.45, 2.75) is 71.3 Å². The molecule has 0 aliphatic rings. The van der Waals surface area contributed by atoms with Crippen LogP contribution in [0.3, 0.4) is 0 Å². The van der Waals surface area contributed by atoms with Gasteiger partial charge in [-0.25, -0.2) is 4.79 Å². The fraction of sp³-hybridized carbons (Fsp3) is 0.867. The molecule has 0 aromatic heterocycles. The number of hydrogen-bond acceptors (Lipinski definition) is 4. The zero-order valence-electron chi connectivity index (χ0n) is 12.8. The highest BCUT2D eigenvalue weighted by molar-refractivity contribution is 6.08. The number of rotatable bonds is 10. The Morgan fingerprint density at radius 1 is 1.16 bits per heavy atom. The molecule has 19 heavy (non-hydrogen) atoms. The molecule has 0 aliphatic carbocycles.